The zero-order chi connectivity index (χ0) is 58.9. The van der Waals surface area contributed by atoms with Gasteiger partial charge in [0, 0.05) is 19.3 Å². The summed E-state index contributed by atoms with van der Waals surface area (Å²) < 4.78 is 28.5. The molecule has 0 aromatic heterocycles. The van der Waals surface area contributed by atoms with E-state index in [1.165, 1.54) is 77.0 Å². The molecule has 1 saturated heterocycles. The Bertz CT molecular complexity index is 1730. The Morgan fingerprint density at radius 1 is 0.420 bits per heavy atom. The minimum absolute atomic E-state index is 0.0465. The second kappa shape index (κ2) is 56.4. The third-order valence-electron chi connectivity index (χ3n) is 14.4. The molecule has 1 aliphatic rings. The van der Waals surface area contributed by atoms with Crippen LogP contribution < -0.4 is 0 Å². The number of aliphatic carboxylic acids is 1. The zero-order valence-electron chi connectivity index (χ0n) is 51.3. The molecular formula is C69H116O12. The predicted octanol–water partition coefficient (Wildman–Crippen LogP) is 17.5. The molecule has 81 heavy (non-hydrogen) atoms. The lowest BCUT2D eigenvalue weighted by Crippen LogP contribution is -2.61. The molecule has 0 aliphatic carbocycles. The molecule has 1 aliphatic heterocycles. The van der Waals surface area contributed by atoms with Crippen molar-refractivity contribution in [3.05, 3.63) is 85.1 Å². The Labute approximate surface area is 492 Å². The predicted molar refractivity (Wildman–Crippen MR) is 331 cm³/mol. The van der Waals surface area contributed by atoms with Gasteiger partial charge in [0.2, 0.25) is 0 Å². The molecule has 12 heteroatoms. The number of hydrogen-bond acceptors (Lipinski definition) is 11. The highest BCUT2D eigenvalue weighted by molar-refractivity contribution is 5.74. The van der Waals surface area contributed by atoms with Gasteiger partial charge in [-0.3, -0.25) is 14.4 Å². The first kappa shape index (κ1) is 74.9. The van der Waals surface area contributed by atoms with E-state index >= 15 is 0 Å². The lowest BCUT2D eigenvalue weighted by Gasteiger charge is -2.40. The van der Waals surface area contributed by atoms with Gasteiger partial charge in [-0.2, -0.15) is 0 Å². The van der Waals surface area contributed by atoms with Gasteiger partial charge < -0.3 is 39.0 Å². The lowest BCUT2D eigenvalue weighted by molar-refractivity contribution is -0.301. The Morgan fingerprint density at radius 3 is 1.22 bits per heavy atom. The van der Waals surface area contributed by atoms with Crippen LogP contribution in [0.15, 0.2) is 85.1 Å². The number of carboxylic acids is 1. The molecule has 6 atom stereocenters. The fourth-order valence-corrected chi connectivity index (χ4v) is 9.44. The molecule has 6 unspecified atom stereocenters. The number of aliphatic hydroxyl groups is 2. The third kappa shape index (κ3) is 46.0. The van der Waals surface area contributed by atoms with E-state index in [0.29, 0.717) is 19.3 Å². The maximum absolute atomic E-state index is 13.2. The zero-order valence-corrected chi connectivity index (χ0v) is 51.3. The van der Waals surface area contributed by atoms with E-state index in [1.54, 1.807) is 0 Å². The van der Waals surface area contributed by atoms with Crippen molar-refractivity contribution in [2.24, 2.45) is 0 Å². The summed E-state index contributed by atoms with van der Waals surface area (Å²) in [6.45, 7) is 5.84. The molecule has 3 N–H and O–H groups in total. The van der Waals surface area contributed by atoms with E-state index in [9.17, 15) is 34.5 Å². The molecule has 1 rings (SSSR count). The fraction of sp³-hybridized carbons (Fsp3) is 0.739. The second-order valence-electron chi connectivity index (χ2n) is 22.0. The van der Waals surface area contributed by atoms with Crippen molar-refractivity contribution >= 4 is 23.9 Å². The van der Waals surface area contributed by atoms with Crippen LogP contribution in [0.25, 0.3) is 0 Å². The van der Waals surface area contributed by atoms with Crippen LogP contribution in [-0.2, 0) is 42.9 Å². The van der Waals surface area contributed by atoms with Crippen LogP contribution in [0.1, 0.15) is 278 Å². The van der Waals surface area contributed by atoms with Gasteiger partial charge in [-0.15, -0.1) is 0 Å². The smallest absolute Gasteiger partial charge is 0.335 e. The molecule has 464 valence electrons. The molecule has 0 amide bonds. The first-order chi connectivity index (χ1) is 39.6. The van der Waals surface area contributed by atoms with Crippen molar-refractivity contribution < 1.29 is 58.2 Å². The summed E-state index contributed by atoms with van der Waals surface area (Å²) in [5.74, 6) is -3.15. The average molecular weight is 1140 g/mol. The maximum atomic E-state index is 13.2. The Morgan fingerprint density at radius 2 is 0.778 bits per heavy atom. The number of allylic oxidation sites excluding steroid dienone is 14. The Balaban J connectivity index is 2.67. The first-order valence-electron chi connectivity index (χ1n) is 32.6. The lowest BCUT2D eigenvalue weighted by atomic mass is 9.98. The highest BCUT2D eigenvalue weighted by Gasteiger charge is 2.50. The van der Waals surface area contributed by atoms with Gasteiger partial charge in [0.15, 0.2) is 24.6 Å². The van der Waals surface area contributed by atoms with E-state index in [4.69, 9.17) is 23.7 Å². The molecular weight excluding hydrogens is 1020 g/mol. The van der Waals surface area contributed by atoms with Gasteiger partial charge in [-0.1, -0.05) is 228 Å². The van der Waals surface area contributed by atoms with E-state index in [1.807, 2.05) is 0 Å². The van der Waals surface area contributed by atoms with Crippen LogP contribution in [-0.4, -0.2) is 89.2 Å². The number of esters is 3. The highest BCUT2D eigenvalue weighted by atomic mass is 16.7. The van der Waals surface area contributed by atoms with E-state index in [0.717, 1.165) is 141 Å². The SMILES string of the molecule is CC/C=C\C/C=C\C/C=C\C/C=C\CCCCCCCCC(=O)OCC(COC1OC(C(=O)O)C(O)C(O)C1OC(=O)CCCCCCC/C=C\CCCCCC)OC(=O)CCCCCCCCCCC/C=C\C/C=C\CCCCC. The molecule has 0 saturated carbocycles. The molecule has 0 radical (unpaired) electrons. The summed E-state index contributed by atoms with van der Waals surface area (Å²) in [6.07, 6.45) is 61.1. The largest absolute Gasteiger partial charge is 0.479 e. The molecule has 0 aromatic rings. The monoisotopic (exact) mass is 1140 g/mol. The normalized spacial score (nSPS) is 18.3. The van der Waals surface area contributed by atoms with E-state index < -0.39 is 67.3 Å². The van der Waals surface area contributed by atoms with E-state index in [-0.39, 0.29) is 25.9 Å². The van der Waals surface area contributed by atoms with Crippen LogP contribution >= 0.6 is 0 Å². The van der Waals surface area contributed by atoms with Gasteiger partial charge in [0.25, 0.3) is 0 Å². The average Bonchev–Trinajstić information content (AvgIpc) is 3.46. The van der Waals surface area contributed by atoms with Crippen molar-refractivity contribution in [3.8, 4) is 0 Å². The summed E-state index contributed by atoms with van der Waals surface area (Å²) in [6, 6.07) is 0. The quantitative estimate of drug-likeness (QED) is 0.0228. The number of carboxylic acid groups (broad SMARTS) is 1. The van der Waals surface area contributed by atoms with Gasteiger partial charge in [-0.25, -0.2) is 4.79 Å². The third-order valence-corrected chi connectivity index (χ3v) is 14.4. The van der Waals surface area contributed by atoms with Gasteiger partial charge in [0.05, 0.1) is 6.61 Å². The highest BCUT2D eigenvalue weighted by Crippen LogP contribution is 2.26. The first-order valence-corrected chi connectivity index (χ1v) is 32.6. The van der Waals surface area contributed by atoms with Gasteiger partial charge in [-0.05, 0) is 116 Å². The van der Waals surface area contributed by atoms with Gasteiger partial charge >= 0.3 is 23.9 Å². The van der Waals surface area contributed by atoms with Crippen LogP contribution in [0, 0.1) is 0 Å². The summed E-state index contributed by atoms with van der Waals surface area (Å²) in [5.41, 5.74) is 0. The molecule has 0 spiro atoms. The number of carbonyl (C=O) groups is 4. The van der Waals surface area contributed by atoms with Crippen LogP contribution in [0.4, 0.5) is 0 Å². The van der Waals surface area contributed by atoms with Crippen molar-refractivity contribution in [2.75, 3.05) is 13.2 Å². The molecule has 0 aromatic carbocycles. The molecule has 0 bridgehead atoms. The second-order valence-corrected chi connectivity index (χ2v) is 22.0. The summed E-state index contributed by atoms with van der Waals surface area (Å²) in [5, 5.41) is 31.6. The van der Waals surface area contributed by atoms with Crippen LogP contribution in [0.5, 0.6) is 0 Å². The summed E-state index contributed by atoms with van der Waals surface area (Å²) in [4.78, 5) is 51.3. The fourth-order valence-electron chi connectivity index (χ4n) is 9.44. The number of aliphatic hydroxyl groups excluding tert-OH is 2. The number of unbranched alkanes of at least 4 members (excludes halogenated alkanes) is 27. The number of hydrogen-bond donors (Lipinski definition) is 3. The number of carbonyl (C=O) groups excluding carboxylic acids is 3. The Hall–Kier alpha value is -4.10. The summed E-state index contributed by atoms with van der Waals surface area (Å²) in [7, 11) is 0. The number of rotatable bonds is 55. The van der Waals surface area contributed by atoms with Crippen LogP contribution in [0.2, 0.25) is 0 Å². The minimum Gasteiger partial charge on any atom is -0.479 e. The van der Waals surface area contributed by atoms with Crippen molar-refractivity contribution in [2.45, 2.75) is 314 Å². The maximum Gasteiger partial charge on any atom is 0.335 e. The minimum atomic E-state index is -1.91. The number of ether oxygens (including phenoxy) is 5. The van der Waals surface area contributed by atoms with Crippen molar-refractivity contribution in [1.82, 2.24) is 0 Å². The van der Waals surface area contributed by atoms with Crippen molar-refractivity contribution in [1.29, 1.82) is 0 Å². The standard InChI is InChI=1S/C69H116O12/c1-4-7-10-13-16-19-22-25-27-29-31-33-35-38-40-43-46-49-52-55-61(70)77-58-60(79-62(71)56-53-50-47-44-42-39-36-34-32-30-28-26-23-20-17-14-11-8-5-2)59-78-69-67(65(74)64(73)66(81-69)68(75)76)80-63(72)57-54-51-48-45-41-37-24-21-18-15-12-9-6-3/h7,10,16-17,19-21,24-28,31,33,60,64-67,69,73-74H,4-6,8-9,11-15,18,22-23,29-30,32,34-59H2,1-3H3,(H,75,76)/b10-7-,19-16-,20-17-,24-21-,27-25-,28-26-,33-31-. The van der Waals surface area contributed by atoms with Crippen molar-refractivity contribution in [3.63, 3.8) is 0 Å². The Kier molecular flexibility index (Phi) is 52.1. The van der Waals surface area contributed by atoms with Gasteiger partial charge in [0.1, 0.15) is 18.8 Å². The summed E-state index contributed by atoms with van der Waals surface area (Å²) >= 11 is 0. The topological polar surface area (TPSA) is 175 Å². The molecule has 1 fully saturated rings. The van der Waals surface area contributed by atoms with Crippen LogP contribution in [0.3, 0.4) is 0 Å². The molecule has 12 nitrogen and oxygen atoms in total. The molecule has 1 heterocycles. The van der Waals surface area contributed by atoms with E-state index in [2.05, 4.69) is 106 Å².